The van der Waals surface area contributed by atoms with E-state index in [2.05, 4.69) is 4.98 Å². The Morgan fingerprint density at radius 3 is 2.83 bits per heavy atom. The van der Waals surface area contributed by atoms with Gasteiger partial charge in [-0.1, -0.05) is 0 Å². The van der Waals surface area contributed by atoms with Gasteiger partial charge in [-0.3, -0.25) is 4.79 Å². The van der Waals surface area contributed by atoms with Gasteiger partial charge in [-0.2, -0.15) is 0 Å². The second-order valence-corrected chi connectivity index (χ2v) is 5.31. The van der Waals surface area contributed by atoms with Crippen molar-refractivity contribution in [1.82, 2.24) is 9.55 Å². The molecule has 1 aliphatic rings. The topological polar surface area (TPSA) is 87.3 Å². The summed E-state index contributed by atoms with van der Waals surface area (Å²) in [6, 6.07) is 5.38. The van der Waals surface area contributed by atoms with E-state index in [-0.39, 0.29) is 11.6 Å². The molecule has 0 saturated carbocycles. The van der Waals surface area contributed by atoms with Gasteiger partial charge in [0.05, 0.1) is 14.2 Å². The number of carbonyl (C=O) groups is 1. The fourth-order valence-corrected chi connectivity index (χ4v) is 2.69. The van der Waals surface area contributed by atoms with E-state index in [1.165, 1.54) is 10.8 Å². The molecule has 7 heteroatoms. The number of hydrogen-bond donors (Lipinski definition) is 0. The van der Waals surface area contributed by atoms with Gasteiger partial charge in [0, 0.05) is 17.2 Å². The van der Waals surface area contributed by atoms with Crippen molar-refractivity contribution >= 4 is 17.7 Å². The third-order valence-corrected chi connectivity index (χ3v) is 4.00. The van der Waals surface area contributed by atoms with Crippen molar-refractivity contribution < 1.29 is 14.5 Å². The Morgan fingerprint density at radius 1 is 1.39 bits per heavy atom. The lowest BCUT2D eigenvalue weighted by Gasteiger charge is -2.17. The summed E-state index contributed by atoms with van der Waals surface area (Å²) in [7, 11) is 3.15. The summed E-state index contributed by atoms with van der Waals surface area (Å²) in [5.41, 5.74) is 2.20. The molecular formula is C16H15N3O4. The van der Waals surface area contributed by atoms with E-state index in [0.29, 0.717) is 23.4 Å². The molecular weight excluding hydrogens is 298 g/mol. The summed E-state index contributed by atoms with van der Waals surface area (Å²) >= 11 is 0. The number of methoxy groups -OCH3 is 1. The molecule has 0 N–H and O–H groups in total. The van der Waals surface area contributed by atoms with Gasteiger partial charge in [0.1, 0.15) is 11.9 Å². The van der Waals surface area contributed by atoms with Crippen molar-refractivity contribution in [2.75, 3.05) is 7.11 Å². The summed E-state index contributed by atoms with van der Waals surface area (Å²) in [5.74, 6) is 0.950. The van der Waals surface area contributed by atoms with Gasteiger partial charge in [-0.05, 0) is 41.5 Å². The lowest BCUT2D eigenvalue weighted by atomic mass is 9.86. The van der Waals surface area contributed by atoms with Crippen LogP contribution < -0.4 is 4.74 Å². The highest BCUT2D eigenvalue weighted by Crippen LogP contribution is 2.29. The molecule has 0 unspecified atom stereocenters. The van der Waals surface area contributed by atoms with Crippen LogP contribution in [0, 0.1) is 10.1 Å². The maximum Gasteiger partial charge on any atom is 0.342 e. The number of rotatable bonds is 3. The normalized spacial score (nSPS) is 15.6. The number of nitro groups is 1. The SMILES string of the molecule is COc1ccc2c(c1)CCC(=Cc1ncc([N+](=O)[O-])n1C)C2=O. The fraction of sp³-hybridized carbons (Fsp3) is 0.250. The maximum atomic E-state index is 12.6. The smallest absolute Gasteiger partial charge is 0.342 e. The van der Waals surface area contributed by atoms with Crippen LogP contribution >= 0.6 is 0 Å². The molecule has 0 atom stereocenters. The van der Waals surface area contributed by atoms with Crippen LogP contribution in [-0.2, 0) is 13.5 Å². The molecule has 0 amide bonds. The first kappa shape index (κ1) is 15.0. The summed E-state index contributed by atoms with van der Waals surface area (Å²) < 4.78 is 6.54. The number of fused-ring (bicyclic) bond motifs is 1. The van der Waals surface area contributed by atoms with Crippen LogP contribution in [0.15, 0.2) is 30.0 Å². The summed E-state index contributed by atoms with van der Waals surface area (Å²) in [6.07, 6.45) is 4.11. The molecule has 1 aromatic carbocycles. The summed E-state index contributed by atoms with van der Waals surface area (Å²) in [5, 5.41) is 10.9. The zero-order chi connectivity index (χ0) is 16.6. The Kier molecular flexibility index (Phi) is 3.69. The van der Waals surface area contributed by atoms with E-state index in [9.17, 15) is 14.9 Å². The molecule has 0 bridgehead atoms. The molecule has 0 spiro atoms. The Hall–Kier alpha value is -2.96. The van der Waals surface area contributed by atoms with Crippen LogP contribution in [0.1, 0.15) is 28.2 Å². The second kappa shape index (κ2) is 5.68. The number of Topliss-reactive ketones (excluding diaryl/α,β-unsaturated/α-hetero) is 1. The highest BCUT2D eigenvalue weighted by Gasteiger charge is 2.24. The molecule has 2 aromatic rings. The third-order valence-electron chi connectivity index (χ3n) is 4.00. The van der Waals surface area contributed by atoms with Crippen LogP contribution in [-0.4, -0.2) is 27.4 Å². The number of ketones is 1. The first-order valence-electron chi connectivity index (χ1n) is 7.09. The molecule has 23 heavy (non-hydrogen) atoms. The van der Waals surface area contributed by atoms with Crippen molar-refractivity contribution in [2.45, 2.75) is 12.8 Å². The molecule has 0 radical (unpaired) electrons. The summed E-state index contributed by atoms with van der Waals surface area (Å²) in [4.78, 5) is 27.0. The zero-order valence-electron chi connectivity index (χ0n) is 12.8. The van der Waals surface area contributed by atoms with E-state index >= 15 is 0 Å². The number of aromatic nitrogens is 2. The Bertz CT molecular complexity index is 836. The van der Waals surface area contributed by atoms with E-state index in [1.807, 2.05) is 6.07 Å². The molecule has 118 valence electrons. The van der Waals surface area contributed by atoms with Crippen molar-refractivity contribution in [1.29, 1.82) is 0 Å². The zero-order valence-corrected chi connectivity index (χ0v) is 12.8. The number of ether oxygens (including phenoxy) is 1. The van der Waals surface area contributed by atoms with Crippen LogP contribution in [0.5, 0.6) is 5.75 Å². The van der Waals surface area contributed by atoms with Crippen LogP contribution in [0.3, 0.4) is 0 Å². The monoisotopic (exact) mass is 313 g/mol. The molecule has 1 heterocycles. The average Bonchev–Trinajstić information content (AvgIpc) is 2.90. The molecule has 0 aliphatic heterocycles. The minimum absolute atomic E-state index is 0.0699. The predicted molar refractivity (Wildman–Crippen MR) is 83.5 cm³/mol. The molecule has 0 fully saturated rings. The second-order valence-electron chi connectivity index (χ2n) is 5.31. The van der Waals surface area contributed by atoms with Gasteiger partial charge < -0.3 is 14.9 Å². The standard InChI is InChI=1S/C16H15N3O4/c1-18-14(17-9-15(18)19(21)22)8-11-4-3-10-7-12(23-2)5-6-13(10)16(11)20/h5-9H,3-4H2,1-2H3. The molecule has 0 saturated heterocycles. The van der Waals surface area contributed by atoms with Crippen LogP contribution in [0.2, 0.25) is 0 Å². The number of benzene rings is 1. The van der Waals surface area contributed by atoms with Crippen LogP contribution in [0.25, 0.3) is 6.08 Å². The van der Waals surface area contributed by atoms with Crippen molar-refractivity contribution in [3.05, 3.63) is 57.0 Å². The van der Waals surface area contributed by atoms with Crippen molar-refractivity contribution in [3.8, 4) is 5.75 Å². The fourth-order valence-electron chi connectivity index (χ4n) is 2.69. The van der Waals surface area contributed by atoms with E-state index < -0.39 is 4.92 Å². The number of allylic oxidation sites excluding steroid dienone is 1. The van der Waals surface area contributed by atoms with Gasteiger partial charge >= 0.3 is 5.82 Å². The Balaban J connectivity index is 1.96. The predicted octanol–water partition coefficient (Wildman–Crippen LogP) is 2.55. The Labute approximate surface area is 132 Å². The minimum atomic E-state index is -0.501. The number of imidazole rings is 1. The van der Waals surface area contributed by atoms with Gasteiger partial charge in [0.2, 0.25) is 5.82 Å². The Morgan fingerprint density at radius 2 is 2.17 bits per heavy atom. The molecule has 3 rings (SSSR count). The van der Waals surface area contributed by atoms with Crippen molar-refractivity contribution in [2.24, 2.45) is 7.05 Å². The summed E-state index contributed by atoms with van der Waals surface area (Å²) in [6.45, 7) is 0. The van der Waals surface area contributed by atoms with Gasteiger partial charge in [0.15, 0.2) is 5.78 Å². The number of aryl methyl sites for hydroxylation is 1. The lowest BCUT2D eigenvalue weighted by molar-refractivity contribution is -0.391. The highest BCUT2D eigenvalue weighted by molar-refractivity contribution is 6.13. The molecule has 7 nitrogen and oxygen atoms in total. The molecule has 1 aromatic heterocycles. The first-order chi connectivity index (χ1) is 11.0. The first-order valence-corrected chi connectivity index (χ1v) is 7.09. The van der Waals surface area contributed by atoms with E-state index in [0.717, 1.165) is 17.7 Å². The highest BCUT2D eigenvalue weighted by atomic mass is 16.6. The number of nitrogens with zero attached hydrogens (tertiary/aromatic N) is 3. The third kappa shape index (κ3) is 2.61. The van der Waals surface area contributed by atoms with Gasteiger partial charge in [-0.25, -0.2) is 9.55 Å². The lowest BCUT2D eigenvalue weighted by Crippen LogP contribution is -2.14. The van der Waals surface area contributed by atoms with E-state index in [1.54, 1.807) is 32.4 Å². The van der Waals surface area contributed by atoms with E-state index in [4.69, 9.17) is 4.74 Å². The average molecular weight is 313 g/mol. The van der Waals surface area contributed by atoms with Crippen molar-refractivity contribution in [3.63, 3.8) is 0 Å². The minimum Gasteiger partial charge on any atom is -0.497 e. The molecule has 1 aliphatic carbocycles. The van der Waals surface area contributed by atoms with Crippen LogP contribution in [0.4, 0.5) is 5.82 Å². The maximum absolute atomic E-state index is 12.6. The van der Waals surface area contributed by atoms with Gasteiger partial charge in [-0.15, -0.1) is 0 Å². The number of hydrogen-bond acceptors (Lipinski definition) is 5. The number of carbonyl (C=O) groups excluding carboxylic acids is 1. The van der Waals surface area contributed by atoms with Gasteiger partial charge in [0.25, 0.3) is 0 Å². The quantitative estimate of drug-likeness (QED) is 0.493. The largest absolute Gasteiger partial charge is 0.497 e.